The number of ketones is 1. The highest BCUT2D eigenvalue weighted by Crippen LogP contribution is 2.39. The molecule has 3 amide bonds. The first kappa shape index (κ1) is 47.3. The van der Waals surface area contributed by atoms with E-state index in [0.29, 0.717) is 66.5 Å². The number of fused-ring (bicyclic) bond motifs is 2. The average molecular weight is 848 g/mol. The molecule has 0 bridgehead atoms. The van der Waals surface area contributed by atoms with Crippen LogP contribution < -0.4 is 5.32 Å². The van der Waals surface area contributed by atoms with Crippen LogP contribution in [-0.4, -0.2) is 119 Å². The zero-order valence-electron chi connectivity index (χ0n) is 37.2. The molecule has 1 unspecified atom stereocenters. The van der Waals surface area contributed by atoms with Crippen molar-refractivity contribution in [2.75, 3.05) is 47.8 Å². The standard InChI is InChI=1S/C46H65BF2N6O6/c1-7-8-18-36-32-40(35-19-11-9-12-20-35)53-41(36)33-39-34(2)31-37(52(39)47(53,48)49)24-25-43(57)50-38(21-14-16-30-55(4,5)6)42(56)22-17-29-51(3)28-15-10-13-23-46(60)61-54-44(58)26-27-45(54)59/h9,11-12,19-20,31-33,38H,7-8,10,13-18,21-30H2,1-6H3/p+1. The highest BCUT2D eigenvalue weighted by molar-refractivity contribution is 6.58. The Kier molecular flexibility index (Phi) is 16.6. The van der Waals surface area contributed by atoms with Gasteiger partial charge in [0.2, 0.25) is 5.91 Å². The van der Waals surface area contributed by atoms with Crippen molar-refractivity contribution in [3.05, 3.63) is 76.3 Å². The third-order valence-electron chi connectivity index (χ3n) is 11.8. The zero-order valence-corrected chi connectivity index (χ0v) is 37.2. The molecule has 0 radical (unpaired) electrons. The quantitative estimate of drug-likeness (QED) is 0.0509. The van der Waals surface area contributed by atoms with E-state index in [1.165, 1.54) is 4.49 Å². The predicted octanol–water partition coefficient (Wildman–Crippen LogP) is 6.75. The average Bonchev–Trinajstić information content (AvgIpc) is 3.86. The molecule has 15 heteroatoms. The number of allylic oxidation sites excluding steroid dienone is 2. The maximum Gasteiger partial charge on any atom is 0.737 e. The molecule has 2 aromatic rings. The van der Waals surface area contributed by atoms with Crippen molar-refractivity contribution in [1.29, 1.82) is 0 Å². The molecule has 3 aliphatic heterocycles. The number of carbonyl (C=O) groups is 5. The zero-order chi connectivity index (χ0) is 44.3. The first-order chi connectivity index (χ1) is 29.0. The summed E-state index contributed by atoms with van der Waals surface area (Å²) in [6.07, 6.45) is 11.9. The minimum Gasteiger partial charge on any atom is -0.394 e. The summed E-state index contributed by atoms with van der Waals surface area (Å²) in [5.74, 6) is -1.95. The number of hydrogen-bond acceptors (Lipinski definition) is 7. The molecule has 61 heavy (non-hydrogen) atoms. The van der Waals surface area contributed by atoms with Crippen LogP contribution in [-0.2, 0) is 35.2 Å². The van der Waals surface area contributed by atoms with Crippen LogP contribution in [0.3, 0.4) is 0 Å². The molecule has 332 valence electrons. The Morgan fingerprint density at radius 2 is 1.61 bits per heavy atom. The van der Waals surface area contributed by atoms with Crippen LogP contribution >= 0.6 is 0 Å². The van der Waals surface area contributed by atoms with Gasteiger partial charge in [0.15, 0.2) is 17.2 Å². The van der Waals surface area contributed by atoms with Crippen LogP contribution in [0.25, 0.3) is 6.08 Å². The number of unbranched alkanes of at least 4 members (excludes halogenated alkanes) is 4. The Morgan fingerprint density at radius 3 is 2.30 bits per heavy atom. The third-order valence-corrected chi connectivity index (χ3v) is 11.8. The Hall–Kier alpha value is -4.76. The molecule has 4 heterocycles. The molecule has 12 nitrogen and oxygen atoms in total. The molecule has 3 aliphatic rings. The summed E-state index contributed by atoms with van der Waals surface area (Å²) in [5, 5.41) is 3.56. The number of quaternary nitrogens is 1. The number of carbonyl (C=O) groups excluding carboxylic acids is 5. The minimum atomic E-state index is -4.28. The number of nitrogens with zero attached hydrogens (tertiary/aromatic N) is 5. The second-order valence-electron chi connectivity index (χ2n) is 17.9. The van der Waals surface area contributed by atoms with Gasteiger partial charge in [0.25, 0.3) is 11.8 Å². The van der Waals surface area contributed by atoms with Gasteiger partial charge in [-0.15, -0.1) is 5.06 Å². The van der Waals surface area contributed by atoms with Gasteiger partial charge in [-0.1, -0.05) is 38.0 Å². The normalized spacial score (nSPS) is 16.4. The van der Waals surface area contributed by atoms with E-state index >= 15 is 8.63 Å². The van der Waals surface area contributed by atoms with Crippen molar-refractivity contribution in [2.45, 2.75) is 123 Å². The number of amides is 3. The number of imide groups is 1. The number of hydrogen-bond donors (Lipinski definition) is 1. The number of halogens is 2. The molecular formula is C46H66BF2N6O6+. The maximum atomic E-state index is 17.0. The van der Waals surface area contributed by atoms with Crippen LogP contribution in [0.5, 0.6) is 0 Å². The topological polar surface area (TPSA) is 121 Å². The largest absolute Gasteiger partial charge is 0.737 e. The Balaban J connectivity index is 1.16. The van der Waals surface area contributed by atoms with Gasteiger partial charge in [0.05, 0.1) is 33.7 Å². The van der Waals surface area contributed by atoms with Crippen molar-refractivity contribution in [3.8, 4) is 0 Å². The fourth-order valence-corrected chi connectivity index (χ4v) is 8.41. The fourth-order valence-electron chi connectivity index (χ4n) is 8.41. The van der Waals surface area contributed by atoms with Gasteiger partial charge in [-0.25, -0.2) is 4.79 Å². The molecule has 0 saturated carbocycles. The first-order valence-electron chi connectivity index (χ1n) is 22.2. The predicted molar refractivity (Wildman–Crippen MR) is 233 cm³/mol. The molecule has 1 saturated heterocycles. The lowest BCUT2D eigenvalue weighted by Crippen LogP contribution is -2.51. The van der Waals surface area contributed by atoms with E-state index in [1.54, 1.807) is 6.07 Å². The van der Waals surface area contributed by atoms with E-state index in [-0.39, 0.29) is 43.8 Å². The summed E-state index contributed by atoms with van der Waals surface area (Å²) in [5.41, 5.74) is 4.25. The molecule has 0 aliphatic carbocycles. The minimum absolute atomic E-state index is 0.0293. The molecule has 5 rings (SSSR count). The fraction of sp³-hybridized carbons (Fsp3) is 0.565. The molecular weight excluding hydrogens is 781 g/mol. The highest BCUT2D eigenvalue weighted by Gasteiger charge is 2.54. The Bertz CT molecular complexity index is 2000. The van der Waals surface area contributed by atoms with Crippen LogP contribution in [0.2, 0.25) is 0 Å². The molecule has 1 N–H and O–H groups in total. The van der Waals surface area contributed by atoms with E-state index in [9.17, 15) is 24.0 Å². The van der Waals surface area contributed by atoms with Crippen molar-refractivity contribution >= 4 is 48.2 Å². The van der Waals surface area contributed by atoms with Gasteiger partial charge in [-0.05, 0) is 114 Å². The number of hydroxylamine groups is 2. The third kappa shape index (κ3) is 12.7. The summed E-state index contributed by atoms with van der Waals surface area (Å²) in [6.45, 7) is 2.02. The molecule has 1 fully saturated rings. The molecule has 0 spiro atoms. The number of nitrogens with one attached hydrogen (secondary N) is 1. The SMILES string of the molecule is CCCCC1=CC(c2ccccc2)=[N+]2C1=Cc1c(C)cc(CCC(=O)NC(CCCC[N+](C)(C)C)C(=O)CCCN(C)CCCCCC(=O)ON3C(=O)CCC3=O)n1[B-]2(F)F. The Morgan fingerprint density at radius 1 is 0.902 bits per heavy atom. The van der Waals surface area contributed by atoms with Gasteiger partial charge in [0, 0.05) is 61.1 Å². The summed E-state index contributed by atoms with van der Waals surface area (Å²) in [6, 6.07) is 10.4. The van der Waals surface area contributed by atoms with Crippen LogP contribution in [0.1, 0.15) is 126 Å². The summed E-state index contributed by atoms with van der Waals surface area (Å²) >= 11 is 0. The van der Waals surface area contributed by atoms with Crippen molar-refractivity contribution in [3.63, 3.8) is 0 Å². The first-order valence-corrected chi connectivity index (χ1v) is 22.2. The second kappa shape index (κ2) is 21.4. The lowest BCUT2D eigenvalue weighted by molar-refractivity contribution is -0.870. The van der Waals surface area contributed by atoms with E-state index in [0.717, 1.165) is 77.3 Å². The van der Waals surface area contributed by atoms with E-state index < -0.39 is 30.8 Å². The maximum absolute atomic E-state index is 17.0. The Labute approximate surface area is 360 Å². The van der Waals surface area contributed by atoms with Gasteiger partial charge >= 0.3 is 12.9 Å². The van der Waals surface area contributed by atoms with E-state index in [1.807, 2.05) is 56.5 Å². The lowest BCUT2D eigenvalue weighted by atomic mass is 9.88. The summed E-state index contributed by atoms with van der Waals surface area (Å²) < 4.78 is 37.2. The number of benzene rings is 1. The number of rotatable bonds is 25. The molecule has 1 aromatic carbocycles. The summed E-state index contributed by atoms with van der Waals surface area (Å²) in [7, 11) is 8.33. The van der Waals surface area contributed by atoms with E-state index in [2.05, 4.69) is 38.3 Å². The second-order valence-corrected chi connectivity index (χ2v) is 17.9. The van der Waals surface area contributed by atoms with Crippen molar-refractivity contribution < 1.29 is 46.4 Å². The highest BCUT2D eigenvalue weighted by atomic mass is 19.2. The van der Waals surface area contributed by atoms with Crippen LogP contribution in [0.15, 0.2) is 53.7 Å². The van der Waals surface area contributed by atoms with Crippen LogP contribution in [0.4, 0.5) is 8.63 Å². The lowest BCUT2D eigenvalue weighted by Gasteiger charge is -2.31. The van der Waals surface area contributed by atoms with Gasteiger partial charge in [-0.3, -0.25) is 19.2 Å². The summed E-state index contributed by atoms with van der Waals surface area (Å²) in [4.78, 5) is 69.6. The van der Waals surface area contributed by atoms with Crippen molar-refractivity contribution in [2.24, 2.45) is 0 Å². The van der Waals surface area contributed by atoms with Crippen LogP contribution in [0, 0.1) is 6.92 Å². The molecule has 1 aromatic heterocycles. The van der Waals surface area contributed by atoms with Gasteiger partial charge < -0.3 is 37.1 Å². The number of aryl methyl sites for hydroxylation is 2. The smallest absolute Gasteiger partial charge is 0.394 e. The van der Waals surface area contributed by atoms with Gasteiger partial charge in [-0.2, -0.15) is 0 Å². The number of Topliss-reactive ketones (excluding diaryl/α,β-unsaturated/α-hetero) is 1. The molecule has 1 atom stereocenters. The van der Waals surface area contributed by atoms with Gasteiger partial charge in [0.1, 0.15) is 0 Å². The van der Waals surface area contributed by atoms with E-state index in [4.69, 9.17) is 4.84 Å². The monoisotopic (exact) mass is 848 g/mol. The van der Waals surface area contributed by atoms with Crippen molar-refractivity contribution in [1.82, 2.24) is 19.8 Å². The number of aromatic nitrogens is 1.